The fraction of sp³-hybridized carbons (Fsp3) is 0.450. The third-order valence-electron chi connectivity index (χ3n) is 6.54. The molecule has 1 N–H and O–H groups in total. The molecule has 5 aliphatic rings. The minimum atomic E-state index is -0.731. The summed E-state index contributed by atoms with van der Waals surface area (Å²) >= 11 is 0. The van der Waals surface area contributed by atoms with Crippen molar-refractivity contribution >= 4 is 23.7 Å². The van der Waals surface area contributed by atoms with Crippen LogP contribution >= 0.6 is 0 Å². The van der Waals surface area contributed by atoms with Crippen molar-refractivity contribution in [1.82, 2.24) is 5.01 Å². The van der Waals surface area contributed by atoms with E-state index in [-0.39, 0.29) is 53.4 Å². The Morgan fingerprint density at radius 2 is 1.86 bits per heavy atom. The Kier molecular flexibility index (Phi) is 3.77. The van der Waals surface area contributed by atoms with E-state index in [2.05, 4.69) is 17.3 Å². The van der Waals surface area contributed by atoms with Gasteiger partial charge in [-0.1, -0.05) is 12.2 Å². The summed E-state index contributed by atoms with van der Waals surface area (Å²) in [5.74, 6) is -0.747. The number of hydrogen-bond acceptors (Lipinski definition) is 7. The van der Waals surface area contributed by atoms with Gasteiger partial charge >= 0.3 is 5.69 Å². The fourth-order valence-corrected chi connectivity index (χ4v) is 5.27. The van der Waals surface area contributed by atoms with Gasteiger partial charge in [-0.25, -0.2) is 0 Å². The van der Waals surface area contributed by atoms with E-state index in [9.17, 15) is 24.8 Å². The Morgan fingerprint density at radius 1 is 1.24 bits per heavy atom. The molecule has 2 bridgehead atoms. The first kappa shape index (κ1) is 17.8. The van der Waals surface area contributed by atoms with Crippen LogP contribution in [-0.2, 0) is 9.59 Å². The first-order chi connectivity index (χ1) is 13.9. The molecule has 0 aromatic heterocycles. The lowest BCUT2D eigenvalue weighted by Gasteiger charge is -2.37. The van der Waals surface area contributed by atoms with Crippen molar-refractivity contribution in [3.63, 3.8) is 0 Å². The van der Waals surface area contributed by atoms with Crippen LogP contribution in [-0.4, -0.2) is 39.7 Å². The zero-order valence-corrected chi connectivity index (χ0v) is 15.6. The van der Waals surface area contributed by atoms with Crippen molar-refractivity contribution < 1.29 is 24.4 Å². The van der Waals surface area contributed by atoms with Crippen LogP contribution in [0.3, 0.4) is 0 Å². The molecule has 1 aromatic carbocycles. The first-order valence-corrected chi connectivity index (χ1v) is 9.66. The van der Waals surface area contributed by atoms with Crippen molar-refractivity contribution in [3.05, 3.63) is 40.0 Å². The number of hydrazone groups is 1. The van der Waals surface area contributed by atoms with E-state index in [4.69, 9.17) is 4.74 Å². The van der Waals surface area contributed by atoms with E-state index >= 15 is 0 Å². The number of rotatable bonds is 5. The summed E-state index contributed by atoms with van der Waals surface area (Å²) in [6, 6.07) is 2.51. The predicted molar refractivity (Wildman–Crippen MR) is 100 cm³/mol. The highest BCUT2D eigenvalue weighted by atomic mass is 16.6. The van der Waals surface area contributed by atoms with Crippen molar-refractivity contribution in [2.24, 2.45) is 40.6 Å². The molecule has 0 unspecified atom stereocenters. The van der Waals surface area contributed by atoms with Crippen LogP contribution in [0.1, 0.15) is 18.9 Å². The topological polar surface area (TPSA) is 122 Å². The number of hydrogen-bond donors (Lipinski definition) is 1. The third kappa shape index (κ3) is 2.49. The summed E-state index contributed by atoms with van der Waals surface area (Å²) in [7, 11) is 0. The van der Waals surface area contributed by atoms with Gasteiger partial charge in [0.25, 0.3) is 11.8 Å². The maximum absolute atomic E-state index is 12.9. The number of phenols is 1. The van der Waals surface area contributed by atoms with E-state index in [1.54, 1.807) is 6.92 Å². The SMILES string of the molecule is CCOc1cc(/C=N\N2C(=O)[C@@H]3[C@@H]4C=C[C@H]([C@H]5C[C@H]45)[C@@H]3C2=O)cc([N+](=O)[O-])c1O. The number of imide groups is 1. The number of nitro groups is 1. The Hall–Kier alpha value is -3.23. The zero-order chi connectivity index (χ0) is 20.4. The van der Waals surface area contributed by atoms with Crippen molar-refractivity contribution in [2.45, 2.75) is 13.3 Å². The molecule has 150 valence electrons. The molecule has 2 amide bonds. The molecule has 3 fully saturated rings. The van der Waals surface area contributed by atoms with Crippen LogP contribution in [0.4, 0.5) is 5.69 Å². The lowest BCUT2D eigenvalue weighted by Crippen LogP contribution is -2.40. The summed E-state index contributed by atoms with van der Waals surface area (Å²) < 4.78 is 5.24. The summed E-state index contributed by atoms with van der Waals surface area (Å²) in [6.45, 7) is 1.89. The van der Waals surface area contributed by atoms with Gasteiger partial charge in [0, 0.05) is 11.6 Å². The molecule has 1 aromatic rings. The van der Waals surface area contributed by atoms with Gasteiger partial charge in [-0.2, -0.15) is 10.1 Å². The second-order valence-corrected chi connectivity index (χ2v) is 7.96. The van der Waals surface area contributed by atoms with E-state index in [0.29, 0.717) is 11.8 Å². The van der Waals surface area contributed by atoms with Gasteiger partial charge in [0.05, 0.1) is 29.6 Å². The molecule has 1 heterocycles. The first-order valence-electron chi connectivity index (χ1n) is 9.66. The average Bonchev–Trinajstić information content (AvgIpc) is 3.47. The normalized spacial score (nSPS) is 33.9. The van der Waals surface area contributed by atoms with E-state index in [0.717, 1.165) is 17.5 Å². The molecule has 1 aliphatic heterocycles. The number of nitrogens with zero attached hydrogens (tertiary/aromatic N) is 3. The molecule has 0 spiro atoms. The van der Waals surface area contributed by atoms with Crippen LogP contribution in [0.5, 0.6) is 11.5 Å². The van der Waals surface area contributed by atoms with E-state index in [1.807, 2.05) is 0 Å². The molecule has 2 saturated carbocycles. The number of carbonyl (C=O) groups excluding carboxylic acids is 2. The molecule has 0 radical (unpaired) electrons. The van der Waals surface area contributed by atoms with Gasteiger partial charge in [-0.05, 0) is 43.1 Å². The smallest absolute Gasteiger partial charge is 0.315 e. The van der Waals surface area contributed by atoms with Crippen molar-refractivity contribution in [1.29, 1.82) is 0 Å². The van der Waals surface area contributed by atoms with Crippen LogP contribution in [0.2, 0.25) is 0 Å². The number of ether oxygens (including phenoxy) is 1. The number of allylic oxidation sites excluding steroid dienone is 2. The molecular weight excluding hydrogens is 378 g/mol. The van der Waals surface area contributed by atoms with Gasteiger partial charge in [0.2, 0.25) is 5.75 Å². The van der Waals surface area contributed by atoms with Gasteiger partial charge in [-0.15, -0.1) is 0 Å². The maximum Gasteiger partial charge on any atom is 0.315 e. The van der Waals surface area contributed by atoms with Gasteiger partial charge in [-0.3, -0.25) is 19.7 Å². The number of aromatic hydroxyl groups is 1. The zero-order valence-electron chi connectivity index (χ0n) is 15.6. The lowest BCUT2D eigenvalue weighted by molar-refractivity contribution is -0.386. The summed E-state index contributed by atoms with van der Waals surface area (Å²) in [5, 5.41) is 26.2. The van der Waals surface area contributed by atoms with Crippen LogP contribution in [0.15, 0.2) is 29.4 Å². The summed E-state index contributed by atoms with van der Waals surface area (Å²) in [6.07, 6.45) is 6.46. The van der Waals surface area contributed by atoms with Crippen LogP contribution in [0.25, 0.3) is 0 Å². The van der Waals surface area contributed by atoms with Gasteiger partial charge in [0.1, 0.15) is 0 Å². The second kappa shape index (κ2) is 6.13. The third-order valence-corrected chi connectivity index (χ3v) is 6.54. The van der Waals surface area contributed by atoms with Crippen molar-refractivity contribution in [2.75, 3.05) is 6.61 Å². The average molecular weight is 397 g/mol. The number of carbonyl (C=O) groups is 2. The number of phenolic OH excluding ortho intramolecular Hbond substituents is 1. The second-order valence-electron chi connectivity index (χ2n) is 7.96. The van der Waals surface area contributed by atoms with E-state index in [1.165, 1.54) is 12.3 Å². The van der Waals surface area contributed by atoms with E-state index < -0.39 is 16.4 Å². The Morgan fingerprint density at radius 3 is 2.41 bits per heavy atom. The standard InChI is InChI=1S/C20H19N3O6/c1-2-29-15-6-9(5-14(18(15)24)23(27)28)8-21-22-19(25)16-10-3-4-11(13-7-12(10)13)17(16)20(22)26/h3-6,8,10-13,16-17,24H,2,7H2,1H3/b21-8-/t10-,11-,12-,13-,16-,17+/m1/s1. The fourth-order valence-electron chi connectivity index (χ4n) is 5.27. The highest BCUT2D eigenvalue weighted by molar-refractivity contribution is 6.06. The van der Waals surface area contributed by atoms with Gasteiger partial charge in [0.15, 0.2) is 5.75 Å². The summed E-state index contributed by atoms with van der Waals surface area (Å²) in [4.78, 5) is 36.3. The van der Waals surface area contributed by atoms with Crippen molar-refractivity contribution in [3.8, 4) is 11.5 Å². The van der Waals surface area contributed by atoms with Gasteiger partial charge < -0.3 is 9.84 Å². The van der Waals surface area contributed by atoms with Crippen LogP contribution < -0.4 is 4.74 Å². The monoisotopic (exact) mass is 397 g/mol. The predicted octanol–water partition coefficient (Wildman–Crippen LogP) is 2.09. The Bertz CT molecular complexity index is 966. The molecule has 6 rings (SSSR count). The highest BCUT2D eigenvalue weighted by Gasteiger charge is 2.67. The Labute approximate surface area is 165 Å². The molecular formula is C20H19N3O6. The number of amides is 2. The summed E-state index contributed by atoms with van der Waals surface area (Å²) in [5.41, 5.74) is -0.287. The quantitative estimate of drug-likeness (QED) is 0.267. The maximum atomic E-state index is 12.9. The lowest BCUT2D eigenvalue weighted by atomic mass is 9.63. The van der Waals surface area contributed by atoms with Crippen LogP contribution in [0, 0.1) is 45.6 Å². The molecule has 6 atom stereocenters. The minimum absolute atomic E-state index is 0.0572. The molecule has 9 heteroatoms. The highest BCUT2D eigenvalue weighted by Crippen LogP contribution is 2.65. The molecule has 9 nitrogen and oxygen atoms in total. The minimum Gasteiger partial charge on any atom is -0.500 e. The molecule has 4 aliphatic carbocycles. The molecule has 1 saturated heterocycles. The largest absolute Gasteiger partial charge is 0.500 e. The number of nitro benzene ring substituents is 1. The Balaban J connectivity index is 1.45. The number of benzene rings is 1. The molecule has 29 heavy (non-hydrogen) atoms.